The van der Waals surface area contributed by atoms with E-state index in [4.69, 9.17) is 0 Å². The van der Waals surface area contributed by atoms with Crippen LogP contribution in [0.2, 0.25) is 0 Å². The Hall–Kier alpha value is -3.58. The van der Waals surface area contributed by atoms with Crippen LogP contribution in [0.25, 0.3) is 17.1 Å². The van der Waals surface area contributed by atoms with Crippen LogP contribution in [-0.4, -0.2) is 36.5 Å². The molecule has 1 aromatic heterocycles. The molecule has 31 heavy (non-hydrogen) atoms. The van der Waals surface area contributed by atoms with Gasteiger partial charge in [0.15, 0.2) is 28.3 Å². The molecule has 2 N–H and O–H groups in total. The van der Waals surface area contributed by atoms with Gasteiger partial charge in [0.25, 0.3) is 0 Å². The van der Waals surface area contributed by atoms with Crippen LogP contribution >= 0.6 is 11.8 Å². The molecule has 0 spiro atoms. The smallest absolute Gasteiger partial charge is 0.196 e. The lowest BCUT2D eigenvalue weighted by Gasteiger charge is -2.12. The van der Waals surface area contributed by atoms with Crippen molar-refractivity contribution in [1.29, 1.82) is 0 Å². The van der Waals surface area contributed by atoms with E-state index >= 15 is 0 Å². The number of aryl methyl sites for hydroxylation is 2. The van der Waals surface area contributed by atoms with E-state index in [0.29, 0.717) is 16.5 Å². The second kappa shape index (κ2) is 8.65. The van der Waals surface area contributed by atoms with Gasteiger partial charge in [-0.25, -0.2) is 0 Å². The number of thioether (sulfide) groups is 1. The predicted molar refractivity (Wildman–Crippen MR) is 121 cm³/mol. The average molecular weight is 432 g/mol. The first-order chi connectivity index (χ1) is 14.9. The molecule has 0 aliphatic heterocycles. The summed E-state index contributed by atoms with van der Waals surface area (Å²) in [7, 11) is 0. The molecule has 0 saturated heterocycles. The summed E-state index contributed by atoms with van der Waals surface area (Å²) in [5.74, 6) is 0.0473. The highest BCUT2D eigenvalue weighted by molar-refractivity contribution is 7.99. The van der Waals surface area contributed by atoms with E-state index in [1.54, 1.807) is 0 Å². The second-order valence-electron chi connectivity index (χ2n) is 7.19. The first-order valence-corrected chi connectivity index (χ1v) is 10.7. The van der Waals surface area contributed by atoms with Gasteiger partial charge in [-0.1, -0.05) is 48.2 Å². The Labute approximate surface area is 184 Å². The summed E-state index contributed by atoms with van der Waals surface area (Å²) in [6, 6.07) is 20.0. The van der Waals surface area contributed by atoms with Gasteiger partial charge in [0, 0.05) is 11.1 Å². The molecule has 0 atom stereocenters. The third-order valence-electron chi connectivity index (χ3n) is 5.04. The second-order valence-corrected chi connectivity index (χ2v) is 8.13. The molecule has 7 heteroatoms. The van der Waals surface area contributed by atoms with Gasteiger partial charge >= 0.3 is 0 Å². The van der Waals surface area contributed by atoms with Crippen molar-refractivity contribution < 1.29 is 15.0 Å². The minimum absolute atomic E-state index is 0.113. The molecule has 0 saturated carbocycles. The lowest BCUT2D eigenvalue weighted by molar-refractivity contribution is 0.102. The van der Waals surface area contributed by atoms with Crippen molar-refractivity contribution in [3.63, 3.8) is 0 Å². The van der Waals surface area contributed by atoms with Crippen LogP contribution in [0.4, 0.5) is 0 Å². The topological polar surface area (TPSA) is 88.2 Å². The summed E-state index contributed by atoms with van der Waals surface area (Å²) in [6.45, 7) is 4.11. The summed E-state index contributed by atoms with van der Waals surface area (Å²) in [4.78, 5) is 12.6. The van der Waals surface area contributed by atoms with Gasteiger partial charge in [-0.15, -0.1) is 10.2 Å². The van der Waals surface area contributed by atoms with Crippen LogP contribution in [0.15, 0.2) is 71.9 Å². The third-order valence-corrected chi connectivity index (χ3v) is 5.97. The van der Waals surface area contributed by atoms with Crippen LogP contribution in [-0.2, 0) is 0 Å². The van der Waals surface area contributed by atoms with Crippen molar-refractivity contribution >= 4 is 17.5 Å². The number of nitrogens with zero attached hydrogens (tertiary/aromatic N) is 3. The summed E-state index contributed by atoms with van der Waals surface area (Å²) in [5.41, 5.74) is 4.51. The molecule has 3 aromatic carbocycles. The van der Waals surface area contributed by atoms with E-state index in [2.05, 4.69) is 36.2 Å². The fraction of sp³-hybridized carbons (Fsp3) is 0.125. The number of aromatic nitrogens is 3. The molecule has 1 heterocycles. The summed E-state index contributed by atoms with van der Waals surface area (Å²) < 4.78 is 1.95. The molecule has 156 valence electrons. The van der Waals surface area contributed by atoms with E-state index in [9.17, 15) is 15.0 Å². The largest absolute Gasteiger partial charge is 0.504 e. The minimum atomic E-state index is -0.319. The molecule has 6 nitrogen and oxygen atoms in total. The number of aromatic hydroxyl groups is 2. The Morgan fingerprint density at radius 1 is 0.903 bits per heavy atom. The van der Waals surface area contributed by atoms with Gasteiger partial charge in [-0.05, 0) is 55.3 Å². The molecular formula is C24H21N3O3S. The molecule has 0 aliphatic rings. The van der Waals surface area contributed by atoms with E-state index in [1.807, 2.05) is 41.0 Å². The number of carbonyl (C=O) groups is 1. The SMILES string of the molecule is Cc1ccc(-n2c(SCC(=O)c3ccc(O)c(O)c3)nnc2-c2ccccc2)cc1C. The number of hydrogen-bond acceptors (Lipinski definition) is 6. The maximum atomic E-state index is 12.6. The highest BCUT2D eigenvalue weighted by Gasteiger charge is 2.18. The maximum absolute atomic E-state index is 12.6. The number of ketones is 1. The maximum Gasteiger partial charge on any atom is 0.196 e. The van der Waals surface area contributed by atoms with Gasteiger partial charge in [0.1, 0.15) is 0 Å². The van der Waals surface area contributed by atoms with Gasteiger partial charge in [-0.2, -0.15) is 0 Å². The first-order valence-electron chi connectivity index (χ1n) is 9.70. The molecular weight excluding hydrogens is 410 g/mol. The van der Waals surface area contributed by atoms with Gasteiger partial charge in [-0.3, -0.25) is 9.36 Å². The number of benzene rings is 3. The monoisotopic (exact) mass is 431 g/mol. The van der Waals surface area contributed by atoms with E-state index < -0.39 is 0 Å². The molecule has 0 bridgehead atoms. The number of phenolic OH excluding ortho intramolecular Hbond substituents is 2. The van der Waals surface area contributed by atoms with E-state index in [1.165, 1.54) is 35.5 Å². The fourth-order valence-electron chi connectivity index (χ4n) is 3.15. The van der Waals surface area contributed by atoms with Crippen molar-refractivity contribution in [3.8, 4) is 28.6 Å². The molecule has 0 aliphatic carbocycles. The first kappa shape index (κ1) is 20.7. The van der Waals surface area contributed by atoms with Crippen molar-refractivity contribution in [2.24, 2.45) is 0 Å². The van der Waals surface area contributed by atoms with Crippen LogP contribution in [0.5, 0.6) is 11.5 Å². The number of hydrogen-bond donors (Lipinski definition) is 2. The third kappa shape index (κ3) is 4.32. The highest BCUT2D eigenvalue weighted by Crippen LogP contribution is 2.30. The van der Waals surface area contributed by atoms with Gasteiger partial charge < -0.3 is 10.2 Å². The number of carbonyl (C=O) groups excluding carboxylic acids is 1. The Morgan fingerprint density at radius 3 is 2.39 bits per heavy atom. The van der Waals surface area contributed by atoms with Crippen molar-refractivity contribution in [3.05, 3.63) is 83.4 Å². The Kier molecular flexibility index (Phi) is 5.77. The summed E-state index contributed by atoms with van der Waals surface area (Å²) in [6.07, 6.45) is 0. The zero-order valence-corrected chi connectivity index (χ0v) is 17.9. The number of Topliss-reactive ketones (excluding diaryl/α,β-unsaturated/α-hetero) is 1. The van der Waals surface area contributed by atoms with Crippen LogP contribution in [0.1, 0.15) is 21.5 Å². The molecule has 0 radical (unpaired) electrons. The normalized spacial score (nSPS) is 10.9. The Bertz CT molecular complexity index is 1250. The van der Waals surface area contributed by atoms with Crippen molar-refractivity contribution in [2.75, 3.05) is 5.75 Å². The van der Waals surface area contributed by atoms with Crippen LogP contribution in [0, 0.1) is 13.8 Å². The zero-order valence-electron chi connectivity index (χ0n) is 17.1. The minimum Gasteiger partial charge on any atom is -0.504 e. The van der Waals surface area contributed by atoms with Crippen LogP contribution < -0.4 is 0 Å². The number of phenols is 2. The average Bonchev–Trinajstić information content (AvgIpc) is 3.20. The predicted octanol–water partition coefficient (Wildman–Crippen LogP) is 4.94. The van der Waals surface area contributed by atoms with Gasteiger partial charge in [0.05, 0.1) is 11.4 Å². The lowest BCUT2D eigenvalue weighted by Crippen LogP contribution is -2.05. The Morgan fingerprint density at radius 2 is 1.68 bits per heavy atom. The molecule has 4 rings (SSSR count). The standard InChI is InChI=1S/C24H21N3O3S/c1-15-8-10-19(12-16(15)2)27-23(17-6-4-3-5-7-17)25-26-24(27)31-14-22(30)18-9-11-20(28)21(29)13-18/h3-13,28-29H,14H2,1-2H3. The zero-order chi connectivity index (χ0) is 22.0. The summed E-state index contributed by atoms with van der Waals surface area (Å²) in [5, 5.41) is 28.5. The number of rotatable bonds is 6. The van der Waals surface area contributed by atoms with Crippen molar-refractivity contribution in [2.45, 2.75) is 19.0 Å². The molecule has 0 unspecified atom stereocenters. The molecule has 4 aromatic rings. The Balaban J connectivity index is 1.69. The van der Waals surface area contributed by atoms with Gasteiger partial charge in [0.2, 0.25) is 0 Å². The van der Waals surface area contributed by atoms with E-state index in [-0.39, 0.29) is 23.0 Å². The van der Waals surface area contributed by atoms with Crippen LogP contribution in [0.3, 0.4) is 0 Å². The quantitative estimate of drug-likeness (QED) is 0.255. The highest BCUT2D eigenvalue weighted by atomic mass is 32.2. The fourth-order valence-corrected chi connectivity index (χ4v) is 3.99. The molecule has 0 fully saturated rings. The van der Waals surface area contributed by atoms with Crippen molar-refractivity contribution in [1.82, 2.24) is 14.8 Å². The lowest BCUT2D eigenvalue weighted by atomic mass is 10.1. The van der Waals surface area contributed by atoms with E-state index in [0.717, 1.165) is 16.8 Å². The summed E-state index contributed by atoms with van der Waals surface area (Å²) >= 11 is 1.28. The molecule has 0 amide bonds.